The minimum atomic E-state index is 0.321. The van der Waals surface area contributed by atoms with Gasteiger partial charge in [0.15, 0.2) is 5.82 Å². The summed E-state index contributed by atoms with van der Waals surface area (Å²) >= 11 is 0. The van der Waals surface area contributed by atoms with Crippen molar-refractivity contribution in [3.63, 3.8) is 0 Å². The first-order valence-electron chi connectivity index (χ1n) is 7.70. The van der Waals surface area contributed by atoms with Crippen molar-refractivity contribution in [2.24, 2.45) is 0 Å². The predicted octanol–water partition coefficient (Wildman–Crippen LogP) is 2.13. The lowest BCUT2D eigenvalue weighted by molar-refractivity contribution is 0.174. The maximum atomic E-state index is 5.21. The van der Waals surface area contributed by atoms with E-state index in [-0.39, 0.29) is 0 Å². The summed E-state index contributed by atoms with van der Waals surface area (Å²) in [6.07, 6.45) is 5.52. The van der Waals surface area contributed by atoms with Crippen LogP contribution in [0.25, 0.3) is 11.5 Å². The molecule has 0 aliphatic rings. The number of imidazole rings is 1. The number of hydrogen-bond acceptors (Lipinski definition) is 7. The zero-order valence-corrected chi connectivity index (χ0v) is 14.0. The highest BCUT2D eigenvalue weighted by atomic mass is 16.5. The molecular weight excluding hydrogens is 308 g/mol. The van der Waals surface area contributed by atoms with Gasteiger partial charge in [-0.05, 0) is 19.1 Å². The molecule has 3 aromatic heterocycles. The summed E-state index contributed by atoms with van der Waals surface area (Å²) in [4.78, 5) is 15.2. The van der Waals surface area contributed by atoms with Gasteiger partial charge < -0.3 is 18.7 Å². The molecule has 0 saturated carbocycles. The molecule has 0 saturated heterocycles. The van der Waals surface area contributed by atoms with E-state index in [9.17, 15) is 0 Å². The van der Waals surface area contributed by atoms with Gasteiger partial charge in [0.1, 0.15) is 18.2 Å². The van der Waals surface area contributed by atoms with Crippen LogP contribution in [0.4, 0.5) is 5.82 Å². The Labute approximate surface area is 140 Å². The summed E-state index contributed by atoms with van der Waals surface area (Å²) < 4.78 is 12.3. The molecule has 0 spiro atoms. The molecule has 0 bridgehead atoms. The van der Waals surface area contributed by atoms with E-state index in [0.717, 1.165) is 23.8 Å². The average molecular weight is 328 g/mol. The van der Waals surface area contributed by atoms with E-state index in [1.54, 1.807) is 13.3 Å². The van der Waals surface area contributed by atoms with E-state index in [4.69, 9.17) is 9.26 Å². The maximum absolute atomic E-state index is 5.21. The fourth-order valence-corrected chi connectivity index (χ4v) is 2.37. The molecule has 0 unspecified atom stereocenters. The van der Waals surface area contributed by atoms with E-state index in [1.807, 2.05) is 36.5 Å². The van der Waals surface area contributed by atoms with E-state index in [0.29, 0.717) is 24.9 Å². The number of nitrogens with zero attached hydrogens (tertiary/aromatic N) is 6. The van der Waals surface area contributed by atoms with Gasteiger partial charge >= 0.3 is 0 Å². The Morgan fingerprint density at radius 1 is 1.29 bits per heavy atom. The first-order valence-corrected chi connectivity index (χ1v) is 7.70. The van der Waals surface area contributed by atoms with E-state index in [2.05, 4.69) is 31.6 Å². The van der Waals surface area contributed by atoms with Crippen LogP contribution in [-0.2, 0) is 24.4 Å². The van der Waals surface area contributed by atoms with E-state index >= 15 is 0 Å². The Kier molecular flexibility index (Phi) is 4.85. The third-order valence-corrected chi connectivity index (χ3v) is 3.65. The van der Waals surface area contributed by atoms with Gasteiger partial charge in [-0.1, -0.05) is 5.16 Å². The molecule has 3 aromatic rings. The lowest BCUT2D eigenvalue weighted by Gasteiger charge is -2.18. The number of methoxy groups -OCH3 is 1. The highest BCUT2D eigenvalue weighted by Gasteiger charge is 2.11. The van der Waals surface area contributed by atoms with Gasteiger partial charge in [0, 0.05) is 39.3 Å². The highest BCUT2D eigenvalue weighted by molar-refractivity contribution is 5.54. The van der Waals surface area contributed by atoms with Crippen LogP contribution in [0.2, 0.25) is 0 Å². The van der Waals surface area contributed by atoms with Gasteiger partial charge in [-0.25, -0.2) is 9.97 Å². The Balaban J connectivity index is 1.71. The smallest absolute Gasteiger partial charge is 0.259 e. The van der Waals surface area contributed by atoms with Crippen molar-refractivity contribution in [1.82, 2.24) is 24.7 Å². The quantitative estimate of drug-likeness (QED) is 0.657. The Morgan fingerprint density at radius 3 is 2.88 bits per heavy atom. The van der Waals surface area contributed by atoms with Gasteiger partial charge in [0.05, 0.1) is 12.1 Å². The van der Waals surface area contributed by atoms with Gasteiger partial charge in [-0.2, -0.15) is 4.98 Å². The highest BCUT2D eigenvalue weighted by Crippen LogP contribution is 2.20. The van der Waals surface area contributed by atoms with Crippen LogP contribution in [0.1, 0.15) is 18.6 Å². The van der Waals surface area contributed by atoms with Crippen molar-refractivity contribution in [3.8, 4) is 11.5 Å². The fraction of sp³-hybridized carbons (Fsp3) is 0.375. The molecule has 0 atom stereocenters. The Morgan fingerprint density at radius 2 is 2.17 bits per heavy atom. The topological polar surface area (TPSA) is 82.1 Å². The largest absolute Gasteiger partial charge is 0.377 e. The van der Waals surface area contributed by atoms with Crippen molar-refractivity contribution in [2.45, 2.75) is 26.6 Å². The zero-order chi connectivity index (χ0) is 16.9. The third kappa shape index (κ3) is 3.43. The fourth-order valence-electron chi connectivity index (χ4n) is 2.37. The molecule has 0 aliphatic heterocycles. The molecule has 0 amide bonds. The number of aryl methyl sites for hydroxylation is 1. The molecule has 0 fully saturated rings. The summed E-state index contributed by atoms with van der Waals surface area (Å²) in [7, 11) is 3.58. The minimum absolute atomic E-state index is 0.321. The number of aromatic nitrogens is 5. The van der Waals surface area contributed by atoms with E-state index < -0.39 is 0 Å². The lowest BCUT2D eigenvalue weighted by atomic mass is 10.3. The molecule has 0 N–H and O–H groups in total. The molecule has 3 heterocycles. The molecule has 126 valence electrons. The van der Waals surface area contributed by atoms with Gasteiger partial charge in [-0.3, -0.25) is 0 Å². The van der Waals surface area contributed by atoms with Crippen LogP contribution in [0, 0.1) is 0 Å². The normalized spacial score (nSPS) is 11.0. The van der Waals surface area contributed by atoms with Crippen LogP contribution < -0.4 is 4.90 Å². The first kappa shape index (κ1) is 16.1. The van der Waals surface area contributed by atoms with Crippen LogP contribution in [0.5, 0.6) is 0 Å². The summed E-state index contributed by atoms with van der Waals surface area (Å²) in [6, 6.07) is 3.84. The molecule has 0 aliphatic carbocycles. The number of rotatable bonds is 7. The minimum Gasteiger partial charge on any atom is -0.377 e. The lowest BCUT2D eigenvalue weighted by Crippen LogP contribution is -2.20. The standard InChI is InChI=1S/C16H20N6O2/c1-4-22-8-7-17-15(22)10-21(2)14-6-5-12(9-18-14)16-19-13(11-23-3)20-24-16/h5-9H,4,10-11H2,1-3H3. The summed E-state index contributed by atoms with van der Waals surface area (Å²) in [5, 5.41) is 3.85. The van der Waals surface area contributed by atoms with Crippen LogP contribution in [0.15, 0.2) is 35.2 Å². The third-order valence-electron chi connectivity index (χ3n) is 3.65. The van der Waals surface area contributed by atoms with Crippen molar-refractivity contribution >= 4 is 5.82 Å². The average Bonchev–Trinajstić information content (AvgIpc) is 3.24. The number of pyridine rings is 1. The summed E-state index contributed by atoms with van der Waals surface area (Å²) in [6.45, 7) is 4.00. The summed E-state index contributed by atoms with van der Waals surface area (Å²) in [5.41, 5.74) is 0.775. The van der Waals surface area contributed by atoms with Crippen molar-refractivity contribution in [1.29, 1.82) is 0 Å². The summed E-state index contributed by atoms with van der Waals surface area (Å²) in [5.74, 6) is 2.80. The van der Waals surface area contributed by atoms with Crippen molar-refractivity contribution < 1.29 is 9.26 Å². The second-order valence-corrected chi connectivity index (χ2v) is 5.34. The Bertz CT molecular complexity index is 780. The molecule has 3 rings (SSSR count). The maximum Gasteiger partial charge on any atom is 0.259 e. The molecule has 0 radical (unpaired) electrons. The van der Waals surface area contributed by atoms with Gasteiger partial charge in [0.25, 0.3) is 5.89 Å². The monoisotopic (exact) mass is 328 g/mol. The SMILES string of the molecule is CCn1ccnc1CN(C)c1ccc(-c2nc(COC)no2)cn1. The van der Waals surface area contributed by atoms with Crippen LogP contribution in [0.3, 0.4) is 0 Å². The van der Waals surface area contributed by atoms with Gasteiger partial charge in [0.2, 0.25) is 0 Å². The first-order chi connectivity index (χ1) is 11.7. The zero-order valence-electron chi connectivity index (χ0n) is 14.0. The number of anilines is 1. The van der Waals surface area contributed by atoms with Crippen molar-refractivity contribution in [3.05, 3.63) is 42.4 Å². The molecule has 8 nitrogen and oxygen atoms in total. The van der Waals surface area contributed by atoms with Gasteiger partial charge in [-0.15, -0.1) is 0 Å². The number of ether oxygens (including phenoxy) is 1. The van der Waals surface area contributed by atoms with Crippen LogP contribution in [-0.4, -0.2) is 38.8 Å². The second kappa shape index (κ2) is 7.22. The number of hydrogen-bond donors (Lipinski definition) is 0. The van der Waals surface area contributed by atoms with Crippen LogP contribution >= 0.6 is 0 Å². The molecular formula is C16H20N6O2. The van der Waals surface area contributed by atoms with Crippen molar-refractivity contribution in [2.75, 3.05) is 19.1 Å². The molecule has 8 heteroatoms. The second-order valence-electron chi connectivity index (χ2n) is 5.34. The molecule has 0 aromatic carbocycles. The van der Waals surface area contributed by atoms with E-state index in [1.165, 1.54) is 0 Å². The molecule has 24 heavy (non-hydrogen) atoms. The Hall–Kier alpha value is -2.74. The predicted molar refractivity (Wildman–Crippen MR) is 88.3 cm³/mol.